The first kappa shape index (κ1) is 14.0. The second kappa shape index (κ2) is 5.32. The highest BCUT2D eigenvalue weighted by atomic mass is 16.2. The van der Waals surface area contributed by atoms with Crippen LogP contribution in [0.3, 0.4) is 0 Å². The molecule has 1 aromatic rings. The first-order chi connectivity index (χ1) is 9.45. The van der Waals surface area contributed by atoms with Crippen molar-refractivity contribution in [3.05, 3.63) is 29.3 Å². The number of amides is 4. The fourth-order valence-corrected chi connectivity index (χ4v) is 2.14. The average Bonchev–Trinajstić information content (AvgIpc) is 2.62. The molecule has 0 aromatic heterocycles. The summed E-state index contributed by atoms with van der Waals surface area (Å²) in [4.78, 5) is 36.9. The molecule has 6 heteroatoms. The van der Waals surface area contributed by atoms with Crippen molar-refractivity contribution in [2.75, 3.05) is 11.9 Å². The second-order valence-electron chi connectivity index (χ2n) is 4.82. The molecule has 20 heavy (non-hydrogen) atoms. The number of hydrogen-bond donors (Lipinski definition) is 2. The minimum atomic E-state index is -0.343. The van der Waals surface area contributed by atoms with Crippen LogP contribution in [0.5, 0.6) is 0 Å². The van der Waals surface area contributed by atoms with Crippen molar-refractivity contribution in [2.24, 2.45) is 0 Å². The van der Waals surface area contributed by atoms with Crippen molar-refractivity contribution < 1.29 is 14.4 Å². The molecule has 0 saturated carbocycles. The van der Waals surface area contributed by atoms with Crippen LogP contribution >= 0.6 is 0 Å². The van der Waals surface area contributed by atoms with Gasteiger partial charge in [0.25, 0.3) is 11.8 Å². The Hall–Kier alpha value is -2.37. The lowest BCUT2D eigenvalue weighted by molar-refractivity contribution is 0.0609. The van der Waals surface area contributed by atoms with Gasteiger partial charge < -0.3 is 10.6 Å². The van der Waals surface area contributed by atoms with Crippen LogP contribution in [0.4, 0.5) is 10.5 Å². The Balaban J connectivity index is 2.28. The lowest BCUT2D eigenvalue weighted by atomic mass is 10.1. The smallest absolute Gasteiger partial charge is 0.319 e. The van der Waals surface area contributed by atoms with E-state index in [1.54, 1.807) is 26.0 Å². The summed E-state index contributed by atoms with van der Waals surface area (Å²) in [5, 5.41) is 5.22. The van der Waals surface area contributed by atoms with E-state index in [-0.39, 0.29) is 23.9 Å². The summed E-state index contributed by atoms with van der Waals surface area (Å²) < 4.78 is 0. The minimum Gasteiger partial charge on any atom is -0.338 e. The van der Waals surface area contributed by atoms with Crippen LogP contribution in [-0.2, 0) is 0 Å². The van der Waals surface area contributed by atoms with Crippen molar-refractivity contribution in [1.29, 1.82) is 0 Å². The third kappa shape index (κ3) is 2.36. The molecule has 0 unspecified atom stereocenters. The van der Waals surface area contributed by atoms with Gasteiger partial charge in [0.15, 0.2) is 0 Å². The average molecular weight is 275 g/mol. The summed E-state index contributed by atoms with van der Waals surface area (Å²) >= 11 is 0. The van der Waals surface area contributed by atoms with Crippen molar-refractivity contribution in [3.8, 4) is 0 Å². The van der Waals surface area contributed by atoms with E-state index in [1.165, 1.54) is 11.0 Å². The fourth-order valence-electron chi connectivity index (χ4n) is 2.14. The van der Waals surface area contributed by atoms with Crippen LogP contribution in [0.1, 0.15) is 41.5 Å². The van der Waals surface area contributed by atoms with E-state index in [0.717, 1.165) is 0 Å². The van der Waals surface area contributed by atoms with Gasteiger partial charge in [-0.2, -0.15) is 0 Å². The molecule has 1 aromatic carbocycles. The summed E-state index contributed by atoms with van der Waals surface area (Å²) in [6.45, 7) is 5.89. The van der Waals surface area contributed by atoms with E-state index in [2.05, 4.69) is 10.6 Å². The molecule has 0 bridgehead atoms. The number of nitrogens with one attached hydrogen (secondary N) is 2. The van der Waals surface area contributed by atoms with E-state index in [1.807, 2.05) is 6.92 Å². The summed E-state index contributed by atoms with van der Waals surface area (Å²) in [6.07, 6.45) is 0. The number of rotatable bonds is 3. The van der Waals surface area contributed by atoms with E-state index in [9.17, 15) is 14.4 Å². The second-order valence-corrected chi connectivity index (χ2v) is 4.82. The van der Waals surface area contributed by atoms with Gasteiger partial charge in [-0.15, -0.1) is 0 Å². The van der Waals surface area contributed by atoms with Gasteiger partial charge in [-0.3, -0.25) is 14.5 Å². The van der Waals surface area contributed by atoms with Crippen molar-refractivity contribution >= 4 is 23.5 Å². The molecular formula is C14H17N3O3. The number of urea groups is 1. The molecule has 2 N–H and O–H groups in total. The van der Waals surface area contributed by atoms with Gasteiger partial charge in [-0.1, -0.05) is 0 Å². The molecule has 2 rings (SSSR count). The summed E-state index contributed by atoms with van der Waals surface area (Å²) in [6, 6.07) is 4.18. The van der Waals surface area contributed by atoms with Crippen LogP contribution in [0, 0.1) is 0 Å². The maximum Gasteiger partial charge on any atom is 0.319 e. The molecule has 4 amide bonds. The highest BCUT2D eigenvalue weighted by molar-refractivity contribution is 6.22. The minimum absolute atomic E-state index is 0.192. The largest absolute Gasteiger partial charge is 0.338 e. The summed E-state index contributed by atoms with van der Waals surface area (Å²) in [5.41, 5.74) is 1.20. The molecule has 1 aliphatic heterocycles. The maximum absolute atomic E-state index is 12.2. The molecule has 0 saturated heterocycles. The molecule has 0 aliphatic carbocycles. The molecule has 0 fully saturated rings. The van der Waals surface area contributed by atoms with Gasteiger partial charge in [0.2, 0.25) is 0 Å². The SMILES string of the molecule is CCNC(=O)Nc1ccc2c(c1)C(=O)N(C(C)C)C2=O. The maximum atomic E-state index is 12.2. The standard InChI is InChI=1S/C14H17N3O3/c1-4-15-14(20)16-9-5-6-10-11(7-9)13(19)17(8(2)3)12(10)18/h5-8H,4H2,1-3H3,(H2,15,16,20). The Labute approximate surface area is 117 Å². The van der Waals surface area contributed by atoms with Gasteiger partial charge in [0, 0.05) is 18.3 Å². The van der Waals surface area contributed by atoms with Crippen LogP contribution < -0.4 is 10.6 Å². The Morgan fingerprint density at radius 1 is 1.20 bits per heavy atom. The number of nitrogens with zero attached hydrogens (tertiary/aromatic N) is 1. The van der Waals surface area contributed by atoms with Crippen molar-refractivity contribution in [1.82, 2.24) is 10.2 Å². The molecular weight excluding hydrogens is 258 g/mol. The number of benzene rings is 1. The zero-order chi connectivity index (χ0) is 14.9. The van der Waals surface area contributed by atoms with E-state index in [4.69, 9.17) is 0 Å². The lowest BCUT2D eigenvalue weighted by Gasteiger charge is -2.17. The van der Waals surface area contributed by atoms with Crippen molar-refractivity contribution in [2.45, 2.75) is 26.8 Å². The van der Waals surface area contributed by atoms with Gasteiger partial charge in [-0.05, 0) is 39.0 Å². The third-order valence-electron chi connectivity index (χ3n) is 3.03. The van der Waals surface area contributed by atoms with Crippen LogP contribution in [0.25, 0.3) is 0 Å². The molecule has 0 spiro atoms. The molecule has 1 heterocycles. The zero-order valence-electron chi connectivity index (χ0n) is 11.7. The lowest BCUT2D eigenvalue weighted by Crippen LogP contribution is -2.35. The molecule has 106 valence electrons. The topological polar surface area (TPSA) is 78.5 Å². The first-order valence-electron chi connectivity index (χ1n) is 6.52. The first-order valence-corrected chi connectivity index (χ1v) is 6.52. The van der Waals surface area contributed by atoms with Crippen LogP contribution in [0.2, 0.25) is 0 Å². The Morgan fingerprint density at radius 2 is 1.85 bits per heavy atom. The van der Waals surface area contributed by atoms with E-state index < -0.39 is 0 Å². The number of hydrogen-bond acceptors (Lipinski definition) is 3. The van der Waals surface area contributed by atoms with E-state index in [0.29, 0.717) is 23.4 Å². The number of carbonyl (C=O) groups is 3. The predicted octanol–water partition coefficient (Wildman–Crippen LogP) is 1.83. The highest BCUT2D eigenvalue weighted by Crippen LogP contribution is 2.27. The number of anilines is 1. The Kier molecular flexibility index (Phi) is 3.74. The Bertz CT molecular complexity index is 581. The number of imide groups is 1. The predicted molar refractivity (Wildman–Crippen MR) is 74.8 cm³/mol. The third-order valence-corrected chi connectivity index (χ3v) is 3.03. The quantitative estimate of drug-likeness (QED) is 0.826. The van der Waals surface area contributed by atoms with Crippen molar-refractivity contribution in [3.63, 3.8) is 0 Å². The fraction of sp³-hybridized carbons (Fsp3) is 0.357. The highest BCUT2D eigenvalue weighted by Gasteiger charge is 2.37. The van der Waals surface area contributed by atoms with Gasteiger partial charge in [0.1, 0.15) is 0 Å². The van der Waals surface area contributed by atoms with E-state index >= 15 is 0 Å². The molecule has 0 atom stereocenters. The molecule has 6 nitrogen and oxygen atoms in total. The summed E-state index contributed by atoms with van der Waals surface area (Å²) in [7, 11) is 0. The molecule has 0 radical (unpaired) electrons. The normalized spacial score (nSPS) is 13.7. The van der Waals surface area contributed by atoms with Crippen LogP contribution in [-0.4, -0.2) is 35.3 Å². The monoisotopic (exact) mass is 275 g/mol. The number of fused-ring (bicyclic) bond motifs is 1. The van der Waals surface area contributed by atoms with Crippen LogP contribution in [0.15, 0.2) is 18.2 Å². The molecule has 1 aliphatic rings. The Morgan fingerprint density at radius 3 is 2.45 bits per heavy atom. The zero-order valence-corrected chi connectivity index (χ0v) is 11.7. The number of carbonyl (C=O) groups excluding carboxylic acids is 3. The van der Waals surface area contributed by atoms with Gasteiger partial charge in [-0.25, -0.2) is 4.79 Å². The van der Waals surface area contributed by atoms with Gasteiger partial charge >= 0.3 is 6.03 Å². The van der Waals surface area contributed by atoms with Gasteiger partial charge in [0.05, 0.1) is 11.1 Å². The summed E-state index contributed by atoms with van der Waals surface area (Å²) in [5.74, 6) is -0.607.